The van der Waals surface area contributed by atoms with Crippen molar-refractivity contribution < 1.29 is 4.79 Å². The number of rotatable bonds is 5. The van der Waals surface area contributed by atoms with Crippen LogP contribution < -0.4 is 16.8 Å². The molecule has 100 valence electrons. The van der Waals surface area contributed by atoms with Gasteiger partial charge in [-0.15, -0.1) is 0 Å². The predicted octanol–water partition coefficient (Wildman–Crippen LogP) is 1.87. The number of aromatic nitrogens is 1. The number of amides is 1. The zero-order valence-corrected chi connectivity index (χ0v) is 11.4. The lowest BCUT2D eigenvalue weighted by molar-refractivity contribution is 0.100. The number of nitrogens with zero attached hydrogens (tertiary/aromatic N) is 1. The minimum absolute atomic E-state index is 0.200. The maximum absolute atomic E-state index is 11.2. The first-order chi connectivity index (χ1) is 9.06. The molecule has 0 aliphatic heterocycles. The number of primary amides is 1. The molecular weight excluding hydrogens is 260 g/mol. The zero-order valence-electron chi connectivity index (χ0n) is 10.6. The Morgan fingerprint density at radius 3 is 3.00 bits per heavy atom. The third-order valence-corrected chi connectivity index (χ3v) is 3.45. The van der Waals surface area contributed by atoms with Gasteiger partial charge < -0.3 is 16.8 Å². The molecule has 2 aromatic rings. The van der Waals surface area contributed by atoms with Gasteiger partial charge in [-0.2, -0.15) is 11.3 Å². The van der Waals surface area contributed by atoms with Crippen LogP contribution in [0.2, 0.25) is 0 Å². The van der Waals surface area contributed by atoms with Crippen LogP contribution in [0.15, 0.2) is 29.1 Å². The smallest absolute Gasteiger partial charge is 0.250 e. The fraction of sp³-hybridized carbons (Fsp3) is 0.231. The van der Waals surface area contributed by atoms with E-state index in [1.165, 1.54) is 11.8 Å². The van der Waals surface area contributed by atoms with Gasteiger partial charge >= 0.3 is 0 Å². The number of nitrogen functional groups attached to an aromatic ring is 1. The highest BCUT2D eigenvalue weighted by atomic mass is 32.1. The predicted molar refractivity (Wildman–Crippen MR) is 78.3 cm³/mol. The van der Waals surface area contributed by atoms with E-state index in [2.05, 4.69) is 34.1 Å². The highest BCUT2D eigenvalue weighted by Gasteiger charge is 2.10. The minimum atomic E-state index is -0.548. The number of hydrogen-bond donors (Lipinski definition) is 3. The van der Waals surface area contributed by atoms with Gasteiger partial charge in [0.15, 0.2) is 0 Å². The van der Waals surface area contributed by atoms with Gasteiger partial charge in [0.2, 0.25) is 0 Å². The molecule has 6 heteroatoms. The molecule has 5 N–H and O–H groups in total. The summed E-state index contributed by atoms with van der Waals surface area (Å²) in [4.78, 5) is 15.4. The van der Waals surface area contributed by atoms with Gasteiger partial charge in [0.05, 0.1) is 17.4 Å². The Balaban J connectivity index is 2.06. The molecule has 5 nitrogen and oxygen atoms in total. The lowest BCUT2D eigenvalue weighted by atomic mass is 10.1. The number of pyridine rings is 1. The Bertz CT molecular complexity index is 568. The van der Waals surface area contributed by atoms with E-state index in [4.69, 9.17) is 11.5 Å². The van der Waals surface area contributed by atoms with Gasteiger partial charge in [-0.1, -0.05) is 0 Å². The van der Waals surface area contributed by atoms with Crippen LogP contribution in [0.4, 0.5) is 11.5 Å². The molecule has 0 aliphatic rings. The van der Waals surface area contributed by atoms with Crippen LogP contribution in [0, 0.1) is 0 Å². The van der Waals surface area contributed by atoms with Crippen molar-refractivity contribution in [2.45, 2.75) is 19.4 Å². The molecule has 2 heterocycles. The average Bonchev–Trinajstić information content (AvgIpc) is 2.84. The highest BCUT2D eigenvalue weighted by Crippen LogP contribution is 2.16. The number of anilines is 2. The summed E-state index contributed by atoms with van der Waals surface area (Å²) < 4.78 is 0. The van der Waals surface area contributed by atoms with Gasteiger partial charge in [0.25, 0.3) is 5.91 Å². The highest BCUT2D eigenvalue weighted by molar-refractivity contribution is 7.07. The number of carbonyl (C=O) groups excluding carboxylic acids is 1. The van der Waals surface area contributed by atoms with Crippen molar-refractivity contribution in [1.82, 2.24) is 4.98 Å². The lowest BCUT2D eigenvalue weighted by Gasteiger charge is -2.14. The number of nitrogens with one attached hydrogen (secondary N) is 1. The van der Waals surface area contributed by atoms with Gasteiger partial charge in [0.1, 0.15) is 5.82 Å². The fourth-order valence-corrected chi connectivity index (χ4v) is 2.51. The third-order valence-electron chi connectivity index (χ3n) is 2.72. The summed E-state index contributed by atoms with van der Waals surface area (Å²) in [6, 6.07) is 3.88. The van der Waals surface area contributed by atoms with E-state index < -0.39 is 5.91 Å². The quantitative estimate of drug-likeness (QED) is 0.777. The van der Waals surface area contributed by atoms with E-state index in [0.29, 0.717) is 17.1 Å². The molecule has 0 spiro atoms. The largest absolute Gasteiger partial charge is 0.397 e. The van der Waals surface area contributed by atoms with Crippen molar-refractivity contribution >= 4 is 28.7 Å². The number of hydrogen-bond acceptors (Lipinski definition) is 5. The van der Waals surface area contributed by atoms with Crippen molar-refractivity contribution in [3.05, 3.63) is 40.2 Å². The molecule has 0 radical (unpaired) electrons. The van der Waals surface area contributed by atoms with E-state index in [1.807, 2.05) is 0 Å². The molecule has 1 unspecified atom stereocenters. The maximum Gasteiger partial charge on any atom is 0.250 e. The Hall–Kier alpha value is -2.08. The molecule has 19 heavy (non-hydrogen) atoms. The Labute approximate surface area is 115 Å². The summed E-state index contributed by atoms with van der Waals surface area (Å²) in [5.41, 5.74) is 12.8. The summed E-state index contributed by atoms with van der Waals surface area (Å²) in [5.74, 6) is 0.0548. The van der Waals surface area contributed by atoms with Crippen molar-refractivity contribution in [3.8, 4) is 0 Å². The SMILES string of the molecule is CC(Cc1ccsc1)Nc1cc(C(N)=O)c(N)cn1. The van der Waals surface area contributed by atoms with E-state index in [-0.39, 0.29) is 6.04 Å². The Morgan fingerprint density at radius 1 is 1.58 bits per heavy atom. The number of nitrogens with two attached hydrogens (primary N) is 2. The number of thiophene rings is 1. The van der Waals surface area contributed by atoms with Crippen LogP contribution in [0.5, 0.6) is 0 Å². The van der Waals surface area contributed by atoms with E-state index >= 15 is 0 Å². The molecule has 0 saturated heterocycles. The first-order valence-corrected chi connectivity index (χ1v) is 6.83. The minimum Gasteiger partial charge on any atom is -0.397 e. The number of carbonyl (C=O) groups is 1. The van der Waals surface area contributed by atoms with E-state index in [0.717, 1.165) is 6.42 Å². The van der Waals surface area contributed by atoms with Crippen molar-refractivity contribution in [2.75, 3.05) is 11.1 Å². The summed E-state index contributed by atoms with van der Waals surface area (Å²) in [6.07, 6.45) is 2.33. The van der Waals surface area contributed by atoms with Crippen molar-refractivity contribution in [1.29, 1.82) is 0 Å². The average molecular weight is 276 g/mol. The molecule has 0 fully saturated rings. The van der Waals surface area contributed by atoms with E-state index in [9.17, 15) is 4.79 Å². The maximum atomic E-state index is 11.2. The molecule has 0 saturated carbocycles. The Kier molecular flexibility index (Phi) is 4.01. The van der Waals surface area contributed by atoms with Gasteiger partial charge in [-0.25, -0.2) is 4.98 Å². The molecule has 0 aliphatic carbocycles. The summed E-state index contributed by atoms with van der Waals surface area (Å²) in [5, 5.41) is 7.40. The second-order valence-corrected chi connectivity index (χ2v) is 5.18. The summed E-state index contributed by atoms with van der Waals surface area (Å²) in [6.45, 7) is 2.06. The molecule has 2 rings (SSSR count). The fourth-order valence-electron chi connectivity index (χ4n) is 1.82. The standard InChI is InChI=1S/C13H16N4OS/c1-8(4-9-2-3-19-7-9)17-12-5-10(13(15)18)11(14)6-16-12/h2-3,5-8H,4,14H2,1H3,(H2,15,18)(H,16,17). The monoisotopic (exact) mass is 276 g/mol. The van der Waals surface area contributed by atoms with Crippen LogP contribution in [0.1, 0.15) is 22.8 Å². The van der Waals surface area contributed by atoms with Crippen molar-refractivity contribution in [3.63, 3.8) is 0 Å². The molecule has 0 bridgehead atoms. The van der Waals surface area contributed by atoms with Crippen LogP contribution in [0.25, 0.3) is 0 Å². The first kappa shape index (κ1) is 13.4. The van der Waals surface area contributed by atoms with Crippen LogP contribution in [0.3, 0.4) is 0 Å². The molecule has 1 amide bonds. The second-order valence-electron chi connectivity index (χ2n) is 4.40. The van der Waals surface area contributed by atoms with Gasteiger partial charge in [-0.3, -0.25) is 4.79 Å². The van der Waals surface area contributed by atoms with Crippen LogP contribution in [-0.4, -0.2) is 16.9 Å². The summed E-state index contributed by atoms with van der Waals surface area (Å²) >= 11 is 1.68. The third kappa shape index (κ3) is 3.45. The van der Waals surface area contributed by atoms with E-state index in [1.54, 1.807) is 17.4 Å². The zero-order chi connectivity index (χ0) is 13.8. The first-order valence-electron chi connectivity index (χ1n) is 5.89. The van der Waals surface area contributed by atoms with Gasteiger partial charge in [-0.05, 0) is 41.8 Å². The molecule has 1 atom stereocenters. The topological polar surface area (TPSA) is 94.0 Å². The van der Waals surface area contributed by atoms with Crippen LogP contribution >= 0.6 is 11.3 Å². The summed E-state index contributed by atoms with van der Waals surface area (Å²) in [7, 11) is 0. The Morgan fingerprint density at radius 2 is 2.37 bits per heavy atom. The van der Waals surface area contributed by atoms with Crippen LogP contribution in [-0.2, 0) is 6.42 Å². The normalized spacial score (nSPS) is 12.1. The van der Waals surface area contributed by atoms with Gasteiger partial charge in [0, 0.05) is 6.04 Å². The lowest BCUT2D eigenvalue weighted by Crippen LogP contribution is -2.20. The van der Waals surface area contributed by atoms with Crippen molar-refractivity contribution in [2.24, 2.45) is 5.73 Å². The molecule has 2 aromatic heterocycles. The molecular formula is C13H16N4OS. The molecule has 0 aromatic carbocycles. The second kappa shape index (κ2) is 5.71.